The zero-order chi connectivity index (χ0) is 19.9. The first-order valence-corrected chi connectivity index (χ1v) is 9.09. The number of hydrogen-bond donors (Lipinski definition) is 3. The van der Waals surface area contributed by atoms with Crippen LogP contribution in [0.25, 0.3) is 0 Å². The number of H-pyrrole nitrogens is 2. The predicted octanol–water partition coefficient (Wildman–Crippen LogP) is 2.84. The second kappa shape index (κ2) is 6.63. The van der Waals surface area contributed by atoms with E-state index in [1.54, 1.807) is 17.2 Å². The van der Waals surface area contributed by atoms with Crippen molar-refractivity contribution < 1.29 is 9.59 Å². The zero-order valence-corrected chi connectivity index (χ0v) is 16.0. The van der Waals surface area contributed by atoms with E-state index in [1.165, 1.54) is 0 Å². The summed E-state index contributed by atoms with van der Waals surface area (Å²) in [5.41, 5.74) is 3.84. The number of aromatic nitrogens is 4. The molecule has 1 aliphatic rings. The first-order valence-electron chi connectivity index (χ1n) is 9.09. The molecule has 0 radical (unpaired) electrons. The second-order valence-corrected chi connectivity index (χ2v) is 7.94. The number of carbonyl (C=O) groups is 2. The third-order valence-electron chi connectivity index (χ3n) is 4.91. The quantitative estimate of drug-likeness (QED) is 0.651. The van der Waals surface area contributed by atoms with E-state index < -0.39 is 0 Å². The lowest BCUT2D eigenvalue weighted by Gasteiger charge is -2.19. The van der Waals surface area contributed by atoms with Crippen LogP contribution >= 0.6 is 0 Å². The van der Waals surface area contributed by atoms with E-state index in [4.69, 9.17) is 0 Å². The largest absolute Gasteiger partial charge is 0.327 e. The van der Waals surface area contributed by atoms with Crippen LogP contribution in [0.2, 0.25) is 0 Å². The molecule has 0 fully saturated rings. The molecule has 3 N–H and O–H groups in total. The van der Waals surface area contributed by atoms with Gasteiger partial charge in [0.05, 0.1) is 18.8 Å². The standard InChI is InChI=1S/C20H22N6O2/c1-20(2,3)13-6-4-12(5-7-13)18(27)22-17-14-10-26(11-16(14)24-25-17)19(28)15-8-9-21-23-15/h4-9H,10-11H2,1-3H3,(H,21,23)(H2,22,24,25,27). The van der Waals surface area contributed by atoms with Crippen LogP contribution in [0.4, 0.5) is 5.82 Å². The topological polar surface area (TPSA) is 107 Å². The number of anilines is 1. The molecule has 3 aromatic rings. The third-order valence-corrected chi connectivity index (χ3v) is 4.91. The fourth-order valence-electron chi connectivity index (χ4n) is 3.23. The monoisotopic (exact) mass is 378 g/mol. The number of amides is 2. The second-order valence-electron chi connectivity index (χ2n) is 7.94. The number of rotatable bonds is 3. The molecular formula is C20H22N6O2. The Morgan fingerprint density at radius 1 is 1.07 bits per heavy atom. The first-order chi connectivity index (χ1) is 13.3. The molecule has 2 amide bonds. The minimum atomic E-state index is -0.229. The molecule has 0 saturated heterocycles. The Bertz CT molecular complexity index is 1010. The van der Waals surface area contributed by atoms with E-state index in [9.17, 15) is 9.59 Å². The van der Waals surface area contributed by atoms with Crippen LogP contribution in [0.15, 0.2) is 36.5 Å². The van der Waals surface area contributed by atoms with Crippen molar-refractivity contribution >= 4 is 17.6 Å². The van der Waals surface area contributed by atoms with Crippen LogP contribution in [0, 0.1) is 0 Å². The molecule has 8 heteroatoms. The number of nitrogens with one attached hydrogen (secondary N) is 3. The van der Waals surface area contributed by atoms with Gasteiger partial charge in [0.25, 0.3) is 11.8 Å². The van der Waals surface area contributed by atoms with Crippen LogP contribution in [0.3, 0.4) is 0 Å². The number of hydrogen-bond acceptors (Lipinski definition) is 4. The minimum absolute atomic E-state index is 0.0304. The summed E-state index contributed by atoms with van der Waals surface area (Å²) in [5, 5.41) is 16.5. The van der Waals surface area contributed by atoms with E-state index in [0.29, 0.717) is 30.2 Å². The summed E-state index contributed by atoms with van der Waals surface area (Å²) in [6, 6.07) is 9.20. The van der Waals surface area contributed by atoms with E-state index in [-0.39, 0.29) is 17.2 Å². The Kier molecular flexibility index (Phi) is 4.26. The lowest BCUT2D eigenvalue weighted by molar-refractivity contribution is 0.0743. The Morgan fingerprint density at radius 3 is 2.46 bits per heavy atom. The Balaban J connectivity index is 1.47. The predicted molar refractivity (Wildman–Crippen MR) is 104 cm³/mol. The van der Waals surface area contributed by atoms with Gasteiger partial charge in [-0.05, 0) is 29.2 Å². The Morgan fingerprint density at radius 2 is 1.82 bits per heavy atom. The highest BCUT2D eigenvalue weighted by atomic mass is 16.2. The van der Waals surface area contributed by atoms with Gasteiger partial charge >= 0.3 is 0 Å². The summed E-state index contributed by atoms with van der Waals surface area (Å²) >= 11 is 0. The minimum Gasteiger partial charge on any atom is -0.327 e. The molecule has 1 aliphatic heterocycles. The van der Waals surface area contributed by atoms with E-state index in [2.05, 4.69) is 46.5 Å². The Hall–Kier alpha value is -3.42. The maximum atomic E-state index is 12.6. The van der Waals surface area contributed by atoms with Gasteiger partial charge in [-0.25, -0.2) is 0 Å². The number of nitrogens with zero attached hydrogens (tertiary/aromatic N) is 3. The zero-order valence-electron chi connectivity index (χ0n) is 16.0. The average Bonchev–Trinajstić information content (AvgIpc) is 3.39. The highest BCUT2D eigenvalue weighted by Crippen LogP contribution is 2.28. The van der Waals surface area contributed by atoms with Gasteiger partial charge in [-0.2, -0.15) is 10.2 Å². The smallest absolute Gasteiger partial charge is 0.272 e. The average molecular weight is 378 g/mol. The number of carbonyl (C=O) groups excluding carboxylic acids is 2. The summed E-state index contributed by atoms with van der Waals surface area (Å²) < 4.78 is 0. The molecule has 0 bridgehead atoms. The molecule has 8 nitrogen and oxygen atoms in total. The molecule has 0 aliphatic carbocycles. The van der Waals surface area contributed by atoms with Gasteiger partial charge in [0, 0.05) is 17.3 Å². The highest BCUT2D eigenvalue weighted by Gasteiger charge is 2.30. The summed E-state index contributed by atoms with van der Waals surface area (Å²) in [5.74, 6) is 0.0880. The van der Waals surface area contributed by atoms with Crippen LogP contribution in [0.5, 0.6) is 0 Å². The van der Waals surface area contributed by atoms with Crippen molar-refractivity contribution in [1.82, 2.24) is 25.3 Å². The van der Waals surface area contributed by atoms with Crippen LogP contribution in [0.1, 0.15) is 58.4 Å². The molecule has 2 aromatic heterocycles. The van der Waals surface area contributed by atoms with Gasteiger partial charge in [-0.15, -0.1) is 0 Å². The van der Waals surface area contributed by atoms with Crippen LogP contribution in [-0.2, 0) is 18.5 Å². The van der Waals surface area contributed by atoms with E-state index in [1.807, 2.05) is 24.3 Å². The number of fused-ring (bicyclic) bond motifs is 1. The van der Waals surface area contributed by atoms with Crippen molar-refractivity contribution in [3.8, 4) is 0 Å². The van der Waals surface area contributed by atoms with Gasteiger partial charge in [-0.1, -0.05) is 32.9 Å². The number of aromatic amines is 2. The maximum absolute atomic E-state index is 12.6. The lowest BCUT2D eigenvalue weighted by atomic mass is 9.87. The van der Waals surface area contributed by atoms with E-state index in [0.717, 1.165) is 16.8 Å². The normalized spacial score (nSPS) is 13.5. The van der Waals surface area contributed by atoms with Crippen molar-refractivity contribution in [1.29, 1.82) is 0 Å². The molecule has 1 aromatic carbocycles. The molecule has 3 heterocycles. The molecule has 0 saturated carbocycles. The van der Waals surface area contributed by atoms with Gasteiger partial charge < -0.3 is 10.2 Å². The van der Waals surface area contributed by atoms with Crippen molar-refractivity contribution in [2.75, 3.05) is 5.32 Å². The van der Waals surface area contributed by atoms with Crippen molar-refractivity contribution in [3.05, 3.63) is 64.6 Å². The Labute approximate surface area is 162 Å². The third kappa shape index (κ3) is 3.28. The van der Waals surface area contributed by atoms with Gasteiger partial charge in [0.15, 0.2) is 5.82 Å². The van der Waals surface area contributed by atoms with Crippen LogP contribution in [-0.4, -0.2) is 37.1 Å². The molecular weight excluding hydrogens is 356 g/mol. The van der Waals surface area contributed by atoms with Gasteiger partial charge in [0.1, 0.15) is 5.69 Å². The molecule has 0 atom stereocenters. The van der Waals surface area contributed by atoms with Crippen LogP contribution < -0.4 is 5.32 Å². The molecule has 4 rings (SSSR count). The molecule has 28 heavy (non-hydrogen) atoms. The summed E-state index contributed by atoms with van der Waals surface area (Å²) in [7, 11) is 0. The first kappa shape index (κ1) is 18.0. The number of benzene rings is 1. The molecule has 0 unspecified atom stereocenters. The van der Waals surface area contributed by atoms with Gasteiger partial charge in [-0.3, -0.25) is 19.8 Å². The summed E-state index contributed by atoms with van der Waals surface area (Å²) in [4.78, 5) is 26.8. The fourth-order valence-corrected chi connectivity index (χ4v) is 3.23. The highest BCUT2D eigenvalue weighted by molar-refractivity contribution is 6.04. The van der Waals surface area contributed by atoms with E-state index >= 15 is 0 Å². The summed E-state index contributed by atoms with van der Waals surface area (Å²) in [6.07, 6.45) is 1.54. The lowest BCUT2D eigenvalue weighted by Crippen LogP contribution is -2.26. The molecule has 0 spiro atoms. The maximum Gasteiger partial charge on any atom is 0.272 e. The SMILES string of the molecule is CC(C)(C)c1ccc(C(=O)Nc2n[nH]c3c2CN(C(=O)c2ccn[nH]2)C3)cc1. The van der Waals surface area contributed by atoms with Crippen molar-refractivity contribution in [2.24, 2.45) is 0 Å². The van der Waals surface area contributed by atoms with Crippen molar-refractivity contribution in [3.63, 3.8) is 0 Å². The summed E-state index contributed by atoms with van der Waals surface area (Å²) in [6.45, 7) is 7.18. The van der Waals surface area contributed by atoms with Gasteiger partial charge in [0.2, 0.25) is 0 Å². The molecule has 144 valence electrons. The van der Waals surface area contributed by atoms with Crippen molar-refractivity contribution in [2.45, 2.75) is 39.3 Å². The fraction of sp³-hybridized carbons (Fsp3) is 0.300.